The first kappa shape index (κ1) is 15.5. The number of benzene rings is 1. The third kappa shape index (κ3) is 6.25. The maximum atomic E-state index is 11.3. The minimum absolute atomic E-state index is 0.0336. The van der Waals surface area contributed by atoms with Crippen molar-refractivity contribution in [3.63, 3.8) is 0 Å². The topological polar surface area (TPSA) is 64.4 Å². The molecule has 1 amide bonds. The number of ether oxygens (including phenoxy) is 1. The third-order valence-electron chi connectivity index (χ3n) is 2.75. The molecule has 0 aromatic heterocycles. The second kappa shape index (κ2) is 7.79. The van der Waals surface area contributed by atoms with Gasteiger partial charge in [0.2, 0.25) is 5.91 Å². The van der Waals surface area contributed by atoms with Crippen LogP contribution < -0.4 is 15.8 Å². The average Bonchev–Trinajstić information content (AvgIpc) is 2.34. The third-order valence-corrected chi connectivity index (χ3v) is 2.75. The Labute approximate surface area is 115 Å². The van der Waals surface area contributed by atoms with E-state index < -0.39 is 0 Å². The molecule has 1 aromatic rings. The van der Waals surface area contributed by atoms with Crippen molar-refractivity contribution in [2.24, 2.45) is 5.73 Å². The summed E-state index contributed by atoms with van der Waals surface area (Å²) < 4.78 is 5.55. The fraction of sp³-hybridized carbons (Fsp3) is 0.533. The standard InChI is InChI=1S/C15H24N2O2/c1-11(2)13-4-6-14(7-5-13)19-9-8-17-15(18)10-12(3)16/h4-7,11-12H,8-10,16H2,1-3H3,(H,17,18). The highest BCUT2D eigenvalue weighted by atomic mass is 16.5. The van der Waals surface area contributed by atoms with E-state index in [1.807, 2.05) is 19.1 Å². The lowest BCUT2D eigenvalue weighted by Crippen LogP contribution is -2.32. The summed E-state index contributed by atoms with van der Waals surface area (Å²) in [4.78, 5) is 11.3. The van der Waals surface area contributed by atoms with E-state index in [0.29, 0.717) is 25.5 Å². The number of nitrogens with two attached hydrogens (primary N) is 1. The number of carbonyl (C=O) groups is 1. The first-order valence-corrected chi connectivity index (χ1v) is 6.74. The second-order valence-corrected chi connectivity index (χ2v) is 5.10. The van der Waals surface area contributed by atoms with Gasteiger partial charge in [0, 0.05) is 12.5 Å². The van der Waals surface area contributed by atoms with Crippen LogP contribution in [0.15, 0.2) is 24.3 Å². The monoisotopic (exact) mass is 264 g/mol. The lowest BCUT2D eigenvalue weighted by molar-refractivity contribution is -0.121. The minimum atomic E-state index is -0.107. The molecular weight excluding hydrogens is 240 g/mol. The van der Waals surface area contributed by atoms with Crippen molar-refractivity contribution < 1.29 is 9.53 Å². The van der Waals surface area contributed by atoms with Crippen molar-refractivity contribution in [3.8, 4) is 5.75 Å². The maximum Gasteiger partial charge on any atom is 0.221 e. The van der Waals surface area contributed by atoms with Gasteiger partial charge in [-0.05, 0) is 30.5 Å². The van der Waals surface area contributed by atoms with E-state index in [1.165, 1.54) is 5.56 Å². The van der Waals surface area contributed by atoms with Gasteiger partial charge in [0.25, 0.3) is 0 Å². The fourth-order valence-corrected chi connectivity index (χ4v) is 1.67. The molecule has 0 saturated carbocycles. The van der Waals surface area contributed by atoms with Crippen LogP contribution in [0.4, 0.5) is 0 Å². The Balaban J connectivity index is 2.24. The van der Waals surface area contributed by atoms with Gasteiger partial charge in [0.05, 0.1) is 6.54 Å². The molecule has 1 aromatic carbocycles. The van der Waals surface area contributed by atoms with Crippen molar-refractivity contribution in [1.82, 2.24) is 5.32 Å². The lowest BCUT2D eigenvalue weighted by atomic mass is 10.0. The molecule has 0 aliphatic rings. The van der Waals surface area contributed by atoms with Gasteiger partial charge in [0.15, 0.2) is 0 Å². The van der Waals surface area contributed by atoms with Gasteiger partial charge in [-0.1, -0.05) is 26.0 Å². The molecule has 106 valence electrons. The predicted molar refractivity (Wildman–Crippen MR) is 77.3 cm³/mol. The van der Waals surface area contributed by atoms with Crippen molar-refractivity contribution in [1.29, 1.82) is 0 Å². The smallest absolute Gasteiger partial charge is 0.221 e. The van der Waals surface area contributed by atoms with Gasteiger partial charge < -0.3 is 15.8 Å². The molecule has 19 heavy (non-hydrogen) atoms. The summed E-state index contributed by atoms with van der Waals surface area (Å²) in [5.41, 5.74) is 6.82. The Morgan fingerprint density at radius 3 is 2.42 bits per heavy atom. The first-order chi connectivity index (χ1) is 8.99. The van der Waals surface area contributed by atoms with E-state index in [-0.39, 0.29) is 11.9 Å². The molecule has 0 saturated heterocycles. The molecule has 3 N–H and O–H groups in total. The second-order valence-electron chi connectivity index (χ2n) is 5.10. The summed E-state index contributed by atoms with van der Waals surface area (Å²) in [6, 6.07) is 7.94. The number of carbonyl (C=O) groups excluding carboxylic acids is 1. The van der Waals surface area contributed by atoms with Crippen LogP contribution in [0.25, 0.3) is 0 Å². The van der Waals surface area contributed by atoms with E-state index in [9.17, 15) is 4.79 Å². The Morgan fingerprint density at radius 2 is 1.89 bits per heavy atom. The number of rotatable bonds is 7. The molecule has 0 fully saturated rings. The molecule has 0 aliphatic carbocycles. The summed E-state index contributed by atoms with van der Waals surface area (Å²) in [5, 5.41) is 2.77. The Morgan fingerprint density at radius 1 is 1.26 bits per heavy atom. The predicted octanol–water partition coefficient (Wildman–Crippen LogP) is 2.04. The van der Waals surface area contributed by atoms with Gasteiger partial charge in [-0.25, -0.2) is 0 Å². The van der Waals surface area contributed by atoms with Crippen LogP contribution in [0, 0.1) is 0 Å². The van der Waals surface area contributed by atoms with Crippen LogP contribution in [0.2, 0.25) is 0 Å². The van der Waals surface area contributed by atoms with Crippen LogP contribution in [0.3, 0.4) is 0 Å². The molecule has 0 spiro atoms. The molecule has 1 unspecified atom stereocenters. The zero-order chi connectivity index (χ0) is 14.3. The van der Waals surface area contributed by atoms with Crippen molar-refractivity contribution in [3.05, 3.63) is 29.8 Å². The summed E-state index contributed by atoms with van der Waals surface area (Å²) >= 11 is 0. The number of amides is 1. The van der Waals surface area contributed by atoms with Crippen LogP contribution in [0.5, 0.6) is 5.75 Å². The highest BCUT2D eigenvalue weighted by Gasteiger charge is 2.04. The van der Waals surface area contributed by atoms with Gasteiger partial charge in [-0.2, -0.15) is 0 Å². The zero-order valence-corrected chi connectivity index (χ0v) is 12.0. The summed E-state index contributed by atoms with van der Waals surface area (Å²) in [6.07, 6.45) is 0.350. The molecule has 0 aliphatic heterocycles. The highest BCUT2D eigenvalue weighted by molar-refractivity contribution is 5.76. The number of hydrogen-bond donors (Lipinski definition) is 2. The van der Waals surface area contributed by atoms with Crippen LogP contribution in [-0.4, -0.2) is 25.1 Å². The quantitative estimate of drug-likeness (QED) is 0.741. The summed E-state index contributed by atoms with van der Waals surface area (Å²) in [6.45, 7) is 7.09. The summed E-state index contributed by atoms with van der Waals surface area (Å²) in [5.74, 6) is 1.31. The Hall–Kier alpha value is -1.55. The largest absolute Gasteiger partial charge is 0.492 e. The first-order valence-electron chi connectivity index (χ1n) is 6.74. The Bertz CT molecular complexity index is 386. The molecular formula is C15H24N2O2. The van der Waals surface area contributed by atoms with Crippen molar-refractivity contribution in [2.45, 2.75) is 39.2 Å². The molecule has 4 heteroatoms. The lowest BCUT2D eigenvalue weighted by Gasteiger charge is -2.10. The van der Waals surface area contributed by atoms with E-state index >= 15 is 0 Å². The molecule has 4 nitrogen and oxygen atoms in total. The van der Waals surface area contributed by atoms with Crippen LogP contribution >= 0.6 is 0 Å². The van der Waals surface area contributed by atoms with Crippen LogP contribution in [0.1, 0.15) is 38.7 Å². The van der Waals surface area contributed by atoms with E-state index in [1.54, 1.807) is 0 Å². The van der Waals surface area contributed by atoms with E-state index in [4.69, 9.17) is 10.5 Å². The molecule has 0 bridgehead atoms. The van der Waals surface area contributed by atoms with Gasteiger partial charge in [-0.15, -0.1) is 0 Å². The summed E-state index contributed by atoms with van der Waals surface area (Å²) in [7, 11) is 0. The van der Waals surface area contributed by atoms with Crippen molar-refractivity contribution in [2.75, 3.05) is 13.2 Å². The minimum Gasteiger partial charge on any atom is -0.492 e. The zero-order valence-electron chi connectivity index (χ0n) is 12.0. The normalized spacial score (nSPS) is 12.3. The van der Waals surface area contributed by atoms with Crippen LogP contribution in [-0.2, 0) is 4.79 Å². The SMILES string of the molecule is CC(N)CC(=O)NCCOc1ccc(C(C)C)cc1. The highest BCUT2D eigenvalue weighted by Crippen LogP contribution is 2.18. The average molecular weight is 264 g/mol. The molecule has 1 atom stereocenters. The molecule has 0 heterocycles. The van der Waals surface area contributed by atoms with Gasteiger partial charge >= 0.3 is 0 Å². The van der Waals surface area contributed by atoms with Gasteiger partial charge in [0.1, 0.15) is 12.4 Å². The number of nitrogens with one attached hydrogen (secondary N) is 1. The van der Waals surface area contributed by atoms with E-state index in [0.717, 1.165) is 5.75 Å². The number of hydrogen-bond acceptors (Lipinski definition) is 3. The van der Waals surface area contributed by atoms with Gasteiger partial charge in [-0.3, -0.25) is 4.79 Å². The maximum absolute atomic E-state index is 11.3. The Kier molecular flexibility index (Phi) is 6.36. The fourth-order valence-electron chi connectivity index (χ4n) is 1.67. The van der Waals surface area contributed by atoms with E-state index in [2.05, 4.69) is 31.3 Å². The molecule has 1 rings (SSSR count). The molecule has 0 radical (unpaired) electrons. The van der Waals surface area contributed by atoms with Crippen molar-refractivity contribution >= 4 is 5.91 Å².